The maximum atomic E-state index is 3.61. The second-order valence-corrected chi connectivity index (χ2v) is 4.91. The number of rotatable bonds is 4. The molecule has 0 aliphatic carbocycles. The second-order valence-electron chi connectivity index (χ2n) is 4.91. The van der Waals surface area contributed by atoms with Crippen LogP contribution in [0.3, 0.4) is 0 Å². The van der Waals surface area contributed by atoms with E-state index in [-0.39, 0.29) is 0 Å². The Kier molecular flexibility index (Phi) is 5.58. The van der Waals surface area contributed by atoms with Gasteiger partial charge in [0, 0.05) is 18.6 Å². The molecule has 2 unspecified atom stereocenters. The summed E-state index contributed by atoms with van der Waals surface area (Å²) in [5.74, 6) is 0. The molecule has 0 bridgehead atoms. The zero-order chi connectivity index (χ0) is 11.3. The molecule has 3 heteroatoms. The van der Waals surface area contributed by atoms with E-state index >= 15 is 0 Å². The lowest BCUT2D eigenvalue weighted by molar-refractivity contribution is 0.185. The zero-order valence-electron chi connectivity index (χ0n) is 10.8. The molecule has 1 fully saturated rings. The fourth-order valence-corrected chi connectivity index (χ4v) is 2.35. The van der Waals surface area contributed by atoms with Crippen molar-refractivity contribution in [3.8, 4) is 0 Å². The Morgan fingerprint density at radius 1 is 1.33 bits per heavy atom. The van der Waals surface area contributed by atoms with Crippen LogP contribution in [0.15, 0.2) is 0 Å². The third kappa shape index (κ3) is 4.09. The van der Waals surface area contributed by atoms with Gasteiger partial charge in [0.2, 0.25) is 0 Å². The van der Waals surface area contributed by atoms with Crippen LogP contribution in [0.4, 0.5) is 0 Å². The molecule has 90 valence electrons. The first-order valence-electron chi connectivity index (χ1n) is 6.27. The van der Waals surface area contributed by atoms with Crippen molar-refractivity contribution in [1.29, 1.82) is 0 Å². The lowest BCUT2D eigenvalue weighted by Gasteiger charge is -2.33. The molecule has 1 heterocycles. The number of hydrogen-bond donors (Lipinski definition) is 1. The molecule has 0 aromatic rings. The van der Waals surface area contributed by atoms with Crippen molar-refractivity contribution in [1.82, 2.24) is 15.1 Å². The quantitative estimate of drug-likeness (QED) is 0.752. The Balaban J connectivity index is 2.47. The van der Waals surface area contributed by atoms with Gasteiger partial charge in [-0.05, 0) is 53.5 Å². The van der Waals surface area contributed by atoms with Crippen LogP contribution in [0.1, 0.15) is 26.7 Å². The lowest BCUT2D eigenvalue weighted by Crippen LogP contribution is -2.50. The van der Waals surface area contributed by atoms with Crippen molar-refractivity contribution >= 4 is 0 Å². The molecule has 0 amide bonds. The average Bonchev–Trinajstić information content (AvgIpc) is 2.37. The molecule has 0 saturated carbocycles. The highest BCUT2D eigenvalue weighted by Gasteiger charge is 2.24. The molecule has 15 heavy (non-hydrogen) atoms. The maximum absolute atomic E-state index is 3.61. The van der Waals surface area contributed by atoms with E-state index in [1.54, 1.807) is 0 Å². The van der Waals surface area contributed by atoms with E-state index in [1.165, 1.54) is 32.5 Å². The van der Waals surface area contributed by atoms with Crippen LogP contribution in [0.2, 0.25) is 0 Å². The van der Waals surface area contributed by atoms with Gasteiger partial charge < -0.3 is 15.1 Å². The van der Waals surface area contributed by atoms with E-state index in [0.29, 0.717) is 12.1 Å². The molecule has 2 atom stereocenters. The third-order valence-corrected chi connectivity index (χ3v) is 3.41. The van der Waals surface area contributed by atoms with E-state index in [0.717, 1.165) is 6.54 Å². The van der Waals surface area contributed by atoms with Gasteiger partial charge in [-0.1, -0.05) is 6.92 Å². The molecule has 1 aliphatic heterocycles. The summed E-state index contributed by atoms with van der Waals surface area (Å²) in [7, 11) is 4.49. The summed E-state index contributed by atoms with van der Waals surface area (Å²) < 4.78 is 0. The molecule has 1 aliphatic rings. The minimum atomic E-state index is 0.593. The minimum Gasteiger partial charge on any atom is -0.313 e. The highest BCUT2D eigenvalue weighted by molar-refractivity contribution is 4.84. The summed E-state index contributed by atoms with van der Waals surface area (Å²) in [4.78, 5) is 4.97. The SMILES string of the molecule is CCCNC(C)C1CN(C)CCCN1C. The first-order valence-corrected chi connectivity index (χ1v) is 6.27. The van der Waals surface area contributed by atoms with Gasteiger partial charge in [-0.2, -0.15) is 0 Å². The van der Waals surface area contributed by atoms with Gasteiger partial charge in [0.05, 0.1) is 0 Å². The molecule has 1 N–H and O–H groups in total. The summed E-state index contributed by atoms with van der Waals surface area (Å²) in [6.45, 7) is 9.33. The van der Waals surface area contributed by atoms with Crippen molar-refractivity contribution < 1.29 is 0 Å². The van der Waals surface area contributed by atoms with Crippen molar-refractivity contribution in [3.63, 3.8) is 0 Å². The standard InChI is InChI=1S/C12H27N3/c1-5-7-13-11(2)12-10-14(3)8-6-9-15(12)4/h11-13H,5-10H2,1-4H3. The molecular weight excluding hydrogens is 186 g/mol. The van der Waals surface area contributed by atoms with E-state index in [2.05, 4.69) is 43.1 Å². The molecule has 0 aromatic heterocycles. The van der Waals surface area contributed by atoms with Gasteiger partial charge in [-0.15, -0.1) is 0 Å². The summed E-state index contributed by atoms with van der Waals surface area (Å²) in [5.41, 5.74) is 0. The molecular formula is C12H27N3. The van der Waals surface area contributed by atoms with Gasteiger partial charge >= 0.3 is 0 Å². The molecule has 1 saturated heterocycles. The molecule has 0 radical (unpaired) electrons. The second kappa shape index (κ2) is 6.46. The fourth-order valence-electron chi connectivity index (χ4n) is 2.35. The van der Waals surface area contributed by atoms with Gasteiger partial charge in [-0.25, -0.2) is 0 Å². The topological polar surface area (TPSA) is 18.5 Å². The number of hydrogen-bond acceptors (Lipinski definition) is 3. The van der Waals surface area contributed by atoms with Crippen LogP contribution in [0, 0.1) is 0 Å². The Labute approximate surface area is 94.8 Å². The summed E-state index contributed by atoms with van der Waals surface area (Å²) >= 11 is 0. The lowest BCUT2D eigenvalue weighted by atomic mass is 10.1. The van der Waals surface area contributed by atoms with Gasteiger partial charge in [0.15, 0.2) is 0 Å². The van der Waals surface area contributed by atoms with E-state index in [1.807, 2.05) is 0 Å². The summed E-state index contributed by atoms with van der Waals surface area (Å²) in [6.07, 6.45) is 2.51. The van der Waals surface area contributed by atoms with E-state index in [9.17, 15) is 0 Å². The molecule has 0 spiro atoms. The maximum Gasteiger partial charge on any atom is 0.0370 e. The number of nitrogens with one attached hydrogen (secondary N) is 1. The Morgan fingerprint density at radius 3 is 2.73 bits per heavy atom. The van der Waals surface area contributed by atoms with Crippen LogP contribution >= 0.6 is 0 Å². The van der Waals surface area contributed by atoms with Crippen LogP contribution < -0.4 is 5.32 Å². The van der Waals surface area contributed by atoms with Crippen LogP contribution in [0.25, 0.3) is 0 Å². The summed E-state index contributed by atoms with van der Waals surface area (Å²) in [6, 6.07) is 1.25. The van der Waals surface area contributed by atoms with Crippen molar-refractivity contribution in [3.05, 3.63) is 0 Å². The summed E-state index contributed by atoms with van der Waals surface area (Å²) in [5, 5.41) is 3.61. The first-order chi connectivity index (χ1) is 7.15. The predicted octanol–water partition coefficient (Wildman–Crippen LogP) is 1.01. The number of likely N-dealkylation sites (N-methyl/N-ethyl adjacent to an activating group) is 2. The van der Waals surface area contributed by atoms with Gasteiger partial charge in [0.1, 0.15) is 0 Å². The third-order valence-electron chi connectivity index (χ3n) is 3.41. The van der Waals surface area contributed by atoms with Crippen LogP contribution in [0.5, 0.6) is 0 Å². The Morgan fingerprint density at radius 2 is 2.07 bits per heavy atom. The minimum absolute atomic E-state index is 0.593. The molecule has 1 rings (SSSR count). The predicted molar refractivity (Wildman–Crippen MR) is 66.3 cm³/mol. The smallest absolute Gasteiger partial charge is 0.0370 e. The van der Waals surface area contributed by atoms with E-state index in [4.69, 9.17) is 0 Å². The first kappa shape index (κ1) is 12.9. The van der Waals surface area contributed by atoms with Crippen LogP contribution in [-0.2, 0) is 0 Å². The van der Waals surface area contributed by atoms with Crippen molar-refractivity contribution in [2.24, 2.45) is 0 Å². The Bertz CT molecular complexity index is 172. The highest BCUT2D eigenvalue weighted by atomic mass is 15.2. The average molecular weight is 213 g/mol. The van der Waals surface area contributed by atoms with Crippen molar-refractivity contribution in [2.45, 2.75) is 38.8 Å². The number of nitrogens with zero attached hydrogens (tertiary/aromatic N) is 2. The monoisotopic (exact) mass is 213 g/mol. The van der Waals surface area contributed by atoms with Crippen LogP contribution in [-0.4, -0.2) is 62.2 Å². The van der Waals surface area contributed by atoms with Gasteiger partial charge in [-0.3, -0.25) is 0 Å². The molecule has 3 nitrogen and oxygen atoms in total. The largest absolute Gasteiger partial charge is 0.313 e. The Hall–Kier alpha value is -0.120. The van der Waals surface area contributed by atoms with E-state index < -0.39 is 0 Å². The molecule has 0 aromatic carbocycles. The highest BCUT2D eigenvalue weighted by Crippen LogP contribution is 2.10. The van der Waals surface area contributed by atoms with Crippen molar-refractivity contribution in [2.75, 3.05) is 40.3 Å². The normalized spacial score (nSPS) is 27.6. The zero-order valence-corrected chi connectivity index (χ0v) is 10.8. The van der Waals surface area contributed by atoms with Gasteiger partial charge in [0.25, 0.3) is 0 Å². The fraction of sp³-hybridized carbons (Fsp3) is 1.00.